The van der Waals surface area contributed by atoms with E-state index in [9.17, 15) is 4.79 Å². The molecule has 0 radical (unpaired) electrons. The van der Waals surface area contributed by atoms with Crippen molar-refractivity contribution in [3.05, 3.63) is 0 Å². The Bertz CT molecular complexity index is 242. The first-order valence-electron chi connectivity index (χ1n) is 6.83. The highest BCUT2D eigenvalue weighted by Gasteiger charge is 2.28. The Hall–Kier alpha value is -0.280. The molecule has 0 aromatic rings. The summed E-state index contributed by atoms with van der Waals surface area (Å²) in [6, 6.07) is 0.115. The first-order valence-corrected chi connectivity index (χ1v) is 6.83. The van der Waals surface area contributed by atoms with E-state index in [2.05, 4.69) is 17.1 Å². The van der Waals surface area contributed by atoms with Crippen LogP contribution in [-0.2, 0) is 4.79 Å². The lowest BCUT2D eigenvalue weighted by molar-refractivity contribution is -0.135. The average Bonchev–Trinajstić information content (AvgIpc) is 2.39. The summed E-state index contributed by atoms with van der Waals surface area (Å²) in [5.74, 6) is 1.10. The van der Waals surface area contributed by atoms with E-state index in [1.807, 2.05) is 0 Å². The number of hydrogen-bond acceptors (Lipinski definition) is 2. The molecule has 100 valence electrons. The molecule has 17 heavy (non-hydrogen) atoms. The highest BCUT2D eigenvalue weighted by Crippen LogP contribution is 2.21. The molecule has 0 aromatic carbocycles. The second-order valence-electron chi connectivity index (χ2n) is 5.20. The third-order valence-corrected chi connectivity index (χ3v) is 4.02. The Labute approximate surface area is 111 Å². The number of nitrogens with zero attached hydrogens (tertiary/aromatic N) is 1. The Morgan fingerprint density at radius 2 is 2.12 bits per heavy atom. The van der Waals surface area contributed by atoms with Crippen LogP contribution in [0.4, 0.5) is 0 Å². The lowest BCUT2D eigenvalue weighted by Gasteiger charge is -2.35. The molecular formula is C13H25ClN2O. The SMILES string of the molecule is CCC1CCCN(C(=O)[C@H]2CCCCN2)C1.Cl. The molecule has 2 saturated heterocycles. The van der Waals surface area contributed by atoms with Gasteiger partial charge in [-0.1, -0.05) is 19.8 Å². The highest BCUT2D eigenvalue weighted by atomic mass is 35.5. The van der Waals surface area contributed by atoms with Gasteiger partial charge in [-0.25, -0.2) is 0 Å². The van der Waals surface area contributed by atoms with Gasteiger partial charge in [0.15, 0.2) is 0 Å². The molecule has 2 fully saturated rings. The Kier molecular flexibility index (Phi) is 6.28. The van der Waals surface area contributed by atoms with Crippen LogP contribution in [0.5, 0.6) is 0 Å². The molecule has 1 amide bonds. The first kappa shape index (κ1) is 14.8. The number of carbonyl (C=O) groups is 1. The number of likely N-dealkylation sites (tertiary alicyclic amines) is 1. The third-order valence-electron chi connectivity index (χ3n) is 4.02. The summed E-state index contributed by atoms with van der Waals surface area (Å²) in [5, 5.41) is 3.36. The lowest BCUT2D eigenvalue weighted by Crippen LogP contribution is -2.51. The standard InChI is InChI=1S/C13H24N2O.ClH/c1-2-11-6-5-9-15(10-11)13(16)12-7-3-4-8-14-12;/h11-12,14H,2-10H2,1H3;1H/t11?,12-;/m1./s1. The number of hydrogen-bond donors (Lipinski definition) is 1. The van der Waals surface area contributed by atoms with E-state index in [-0.39, 0.29) is 18.4 Å². The molecular weight excluding hydrogens is 236 g/mol. The van der Waals surface area contributed by atoms with E-state index in [1.165, 1.54) is 32.1 Å². The lowest BCUT2D eigenvalue weighted by atomic mass is 9.94. The van der Waals surface area contributed by atoms with Gasteiger partial charge in [-0.15, -0.1) is 12.4 Å². The fraction of sp³-hybridized carbons (Fsp3) is 0.923. The summed E-state index contributed by atoms with van der Waals surface area (Å²) in [5.41, 5.74) is 0. The van der Waals surface area contributed by atoms with Crippen LogP contribution in [-0.4, -0.2) is 36.5 Å². The van der Waals surface area contributed by atoms with Crippen LogP contribution >= 0.6 is 12.4 Å². The molecule has 0 aliphatic carbocycles. The minimum absolute atomic E-state index is 0. The maximum absolute atomic E-state index is 12.3. The van der Waals surface area contributed by atoms with E-state index in [1.54, 1.807) is 0 Å². The summed E-state index contributed by atoms with van der Waals surface area (Å²) < 4.78 is 0. The van der Waals surface area contributed by atoms with Crippen LogP contribution in [0.25, 0.3) is 0 Å². The molecule has 2 heterocycles. The van der Waals surface area contributed by atoms with Crippen molar-refractivity contribution in [2.45, 2.75) is 51.5 Å². The van der Waals surface area contributed by atoms with E-state index in [0.717, 1.165) is 32.0 Å². The third kappa shape index (κ3) is 3.85. The summed E-state index contributed by atoms with van der Waals surface area (Å²) in [7, 11) is 0. The van der Waals surface area contributed by atoms with Crippen LogP contribution in [0.3, 0.4) is 0 Å². The Morgan fingerprint density at radius 1 is 1.29 bits per heavy atom. The van der Waals surface area contributed by atoms with Crippen molar-refractivity contribution in [3.63, 3.8) is 0 Å². The van der Waals surface area contributed by atoms with Crippen LogP contribution in [0.1, 0.15) is 45.4 Å². The van der Waals surface area contributed by atoms with Crippen molar-refractivity contribution in [1.82, 2.24) is 10.2 Å². The summed E-state index contributed by atoms with van der Waals surface area (Å²) in [4.78, 5) is 14.4. The van der Waals surface area contributed by atoms with Crippen molar-refractivity contribution in [2.75, 3.05) is 19.6 Å². The fourth-order valence-corrected chi connectivity index (χ4v) is 2.88. The minimum atomic E-state index is 0. The Balaban J connectivity index is 0.00000144. The molecule has 4 heteroatoms. The van der Waals surface area contributed by atoms with Gasteiger partial charge in [0.25, 0.3) is 0 Å². The minimum Gasteiger partial charge on any atom is -0.341 e. The molecule has 0 bridgehead atoms. The molecule has 0 spiro atoms. The van der Waals surface area contributed by atoms with Gasteiger partial charge < -0.3 is 10.2 Å². The number of amides is 1. The summed E-state index contributed by atoms with van der Waals surface area (Å²) in [6.45, 7) is 5.22. The van der Waals surface area contributed by atoms with Gasteiger partial charge in [-0.05, 0) is 38.1 Å². The predicted molar refractivity (Wildman–Crippen MR) is 72.5 cm³/mol. The molecule has 2 aliphatic heterocycles. The topological polar surface area (TPSA) is 32.3 Å². The average molecular weight is 261 g/mol. The first-order chi connectivity index (χ1) is 7.81. The molecule has 0 saturated carbocycles. The van der Waals surface area contributed by atoms with Crippen LogP contribution in [0, 0.1) is 5.92 Å². The van der Waals surface area contributed by atoms with Crippen molar-refractivity contribution in [1.29, 1.82) is 0 Å². The second kappa shape index (κ2) is 7.22. The normalized spacial score (nSPS) is 29.6. The molecule has 1 unspecified atom stereocenters. The van der Waals surface area contributed by atoms with Gasteiger partial charge in [-0.2, -0.15) is 0 Å². The summed E-state index contributed by atoms with van der Waals surface area (Å²) >= 11 is 0. The van der Waals surface area contributed by atoms with Gasteiger partial charge in [0.1, 0.15) is 0 Å². The van der Waals surface area contributed by atoms with Crippen molar-refractivity contribution < 1.29 is 4.79 Å². The van der Waals surface area contributed by atoms with Crippen molar-refractivity contribution >= 4 is 18.3 Å². The number of nitrogens with one attached hydrogen (secondary N) is 1. The maximum Gasteiger partial charge on any atom is 0.239 e. The monoisotopic (exact) mass is 260 g/mol. The molecule has 1 N–H and O–H groups in total. The maximum atomic E-state index is 12.3. The van der Waals surface area contributed by atoms with Crippen LogP contribution in [0.2, 0.25) is 0 Å². The molecule has 0 aromatic heterocycles. The zero-order valence-corrected chi connectivity index (χ0v) is 11.6. The Morgan fingerprint density at radius 3 is 2.76 bits per heavy atom. The second-order valence-corrected chi connectivity index (χ2v) is 5.20. The van der Waals surface area contributed by atoms with Gasteiger partial charge >= 0.3 is 0 Å². The fourth-order valence-electron chi connectivity index (χ4n) is 2.88. The number of halogens is 1. The highest BCUT2D eigenvalue weighted by molar-refractivity contribution is 5.85. The zero-order valence-electron chi connectivity index (χ0n) is 10.8. The van der Waals surface area contributed by atoms with Gasteiger partial charge in [0.05, 0.1) is 6.04 Å². The summed E-state index contributed by atoms with van der Waals surface area (Å²) in [6.07, 6.45) is 7.17. The smallest absolute Gasteiger partial charge is 0.239 e. The van der Waals surface area contributed by atoms with Crippen LogP contribution in [0.15, 0.2) is 0 Å². The van der Waals surface area contributed by atoms with Gasteiger partial charge in [0.2, 0.25) is 5.91 Å². The predicted octanol–water partition coefficient (Wildman–Crippen LogP) is 2.20. The molecule has 2 rings (SSSR count). The van der Waals surface area contributed by atoms with Crippen molar-refractivity contribution in [3.8, 4) is 0 Å². The zero-order chi connectivity index (χ0) is 11.4. The van der Waals surface area contributed by atoms with Gasteiger partial charge in [-0.3, -0.25) is 4.79 Å². The van der Waals surface area contributed by atoms with Crippen LogP contribution < -0.4 is 5.32 Å². The number of carbonyl (C=O) groups excluding carboxylic acids is 1. The quantitative estimate of drug-likeness (QED) is 0.826. The van der Waals surface area contributed by atoms with E-state index >= 15 is 0 Å². The van der Waals surface area contributed by atoms with Gasteiger partial charge in [0, 0.05) is 13.1 Å². The molecule has 2 aliphatic rings. The number of rotatable bonds is 2. The van der Waals surface area contributed by atoms with E-state index < -0.39 is 0 Å². The van der Waals surface area contributed by atoms with Crippen molar-refractivity contribution in [2.24, 2.45) is 5.92 Å². The number of piperidine rings is 2. The molecule has 3 nitrogen and oxygen atoms in total. The molecule has 2 atom stereocenters. The largest absolute Gasteiger partial charge is 0.341 e. The van der Waals surface area contributed by atoms with E-state index in [0.29, 0.717) is 5.91 Å². The van der Waals surface area contributed by atoms with E-state index in [4.69, 9.17) is 0 Å².